The van der Waals surface area contributed by atoms with Crippen LogP contribution in [0.1, 0.15) is 13.3 Å². The van der Waals surface area contributed by atoms with Gasteiger partial charge in [0, 0.05) is 88.3 Å². The summed E-state index contributed by atoms with van der Waals surface area (Å²) in [5.74, 6) is 2.40. The van der Waals surface area contributed by atoms with Crippen LogP contribution in [0, 0.1) is 0 Å². The van der Waals surface area contributed by atoms with Crippen molar-refractivity contribution in [1.82, 2.24) is 24.8 Å². The number of fused-ring (bicyclic) bond motifs is 1. The summed E-state index contributed by atoms with van der Waals surface area (Å²) in [4.78, 5) is 42.9. The Labute approximate surface area is 243 Å². The Morgan fingerprint density at radius 3 is 1.73 bits per heavy atom. The molecule has 1 aliphatic heterocycles. The number of piperazine rings is 1. The first kappa shape index (κ1) is 32.4. The minimum atomic E-state index is 0.0274. The van der Waals surface area contributed by atoms with E-state index in [0.717, 1.165) is 13.0 Å². The molecule has 0 bridgehead atoms. The first-order valence-corrected chi connectivity index (χ1v) is 14.1. The topological polar surface area (TPSA) is 122 Å². The first-order valence-electron chi connectivity index (χ1n) is 14.1. The summed E-state index contributed by atoms with van der Waals surface area (Å²) in [5.41, 5.74) is 1.24. The number of nitrogens with zero attached hydrogens (tertiary/aromatic N) is 9. The molecule has 1 amide bonds. The molecule has 0 unspecified atom stereocenters. The van der Waals surface area contributed by atoms with E-state index in [1.54, 1.807) is 33.3 Å². The van der Waals surface area contributed by atoms with E-state index >= 15 is 0 Å². The number of likely N-dealkylation sites (N-methyl/N-ethyl adjacent to an activating group) is 1. The third kappa shape index (κ3) is 8.47. The molecule has 0 saturated carbocycles. The second-order valence-corrected chi connectivity index (χ2v) is 10.00. The van der Waals surface area contributed by atoms with E-state index in [0.29, 0.717) is 100 Å². The molecule has 0 radical (unpaired) electrons. The van der Waals surface area contributed by atoms with E-state index in [1.165, 1.54) is 0 Å². The monoisotopic (exact) mass is 577 g/mol. The molecule has 0 N–H and O–H groups in total. The van der Waals surface area contributed by atoms with E-state index < -0.39 is 0 Å². The average Bonchev–Trinajstić information content (AvgIpc) is 2.97. The zero-order valence-electron chi connectivity index (χ0n) is 25.8. The highest BCUT2D eigenvalue weighted by Gasteiger charge is 2.28. The number of amides is 1. The molecule has 14 nitrogen and oxygen atoms in total. The lowest BCUT2D eigenvalue weighted by Gasteiger charge is -2.34. The number of methoxy groups -OCH3 is 4. The van der Waals surface area contributed by atoms with Crippen LogP contribution in [-0.4, -0.2) is 152 Å². The molecule has 0 atom stereocenters. The molecule has 1 saturated heterocycles. The van der Waals surface area contributed by atoms with Crippen molar-refractivity contribution in [3.05, 3.63) is 0 Å². The minimum Gasteiger partial charge on any atom is -0.383 e. The Morgan fingerprint density at radius 2 is 1.24 bits per heavy atom. The van der Waals surface area contributed by atoms with Crippen molar-refractivity contribution in [1.29, 1.82) is 0 Å². The van der Waals surface area contributed by atoms with Gasteiger partial charge in [0.1, 0.15) is 11.0 Å². The highest BCUT2D eigenvalue weighted by Crippen LogP contribution is 2.33. The van der Waals surface area contributed by atoms with E-state index in [9.17, 15) is 4.79 Å². The van der Waals surface area contributed by atoms with Crippen molar-refractivity contribution in [3.63, 3.8) is 0 Å². The third-order valence-corrected chi connectivity index (χ3v) is 6.99. The fourth-order valence-corrected chi connectivity index (χ4v) is 4.54. The largest absolute Gasteiger partial charge is 0.383 e. The van der Waals surface area contributed by atoms with Gasteiger partial charge >= 0.3 is 0 Å². The molecule has 3 heterocycles. The van der Waals surface area contributed by atoms with E-state index in [-0.39, 0.29) is 12.5 Å². The number of hydrogen-bond donors (Lipinski definition) is 0. The van der Waals surface area contributed by atoms with Gasteiger partial charge in [0.05, 0.1) is 33.0 Å². The lowest BCUT2D eigenvalue weighted by molar-refractivity contribution is -0.129. The van der Waals surface area contributed by atoms with Gasteiger partial charge in [-0.1, -0.05) is 6.92 Å². The minimum absolute atomic E-state index is 0.0274. The van der Waals surface area contributed by atoms with Gasteiger partial charge in [0.15, 0.2) is 11.6 Å². The quantitative estimate of drug-likeness (QED) is 0.248. The second kappa shape index (κ2) is 16.4. The summed E-state index contributed by atoms with van der Waals surface area (Å²) in [7, 11) is 10.5. The molecule has 0 aliphatic carbocycles. The van der Waals surface area contributed by atoms with Gasteiger partial charge in [-0.2, -0.15) is 9.97 Å². The number of carbonyl (C=O) groups excluding carboxylic acids is 1. The molecule has 14 heteroatoms. The van der Waals surface area contributed by atoms with Crippen molar-refractivity contribution < 1.29 is 23.7 Å². The van der Waals surface area contributed by atoms with Crippen molar-refractivity contribution in [2.45, 2.75) is 13.3 Å². The van der Waals surface area contributed by atoms with Crippen LogP contribution < -0.4 is 19.6 Å². The van der Waals surface area contributed by atoms with Crippen LogP contribution >= 0.6 is 0 Å². The maximum atomic E-state index is 12.8. The Balaban J connectivity index is 2.28. The molecule has 230 valence electrons. The maximum Gasteiger partial charge on any atom is 0.241 e. The maximum absolute atomic E-state index is 12.8. The highest BCUT2D eigenvalue weighted by atomic mass is 16.5. The van der Waals surface area contributed by atoms with Gasteiger partial charge in [0.2, 0.25) is 17.8 Å². The van der Waals surface area contributed by atoms with Gasteiger partial charge in [-0.05, 0) is 6.42 Å². The fourth-order valence-electron chi connectivity index (χ4n) is 4.54. The summed E-state index contributed by atoms with van der Waals surface area (Å²) in [5, 5.41) is 0. The number of carbonyl (C=O) groups is 1. The predicted molar refractivity (Wildman–Crippen MR) is 160 cm³/mol. The van der Waals surface area contributed by atoms with Crippen LogP contribution in [0.3, 0.4) is 0 Å². The van der Waals surface area contributed by atoms with Crippen molar-refractivity contribution in [2.75, 3.05) is 141 Å². The van der Waals surface area contributed by atoms with Crippen molar-refractivity contribution in [2.24, 2.45) is 0 Å². The Bertz CT molecular complexity index is 1090. The molecule has 1 aliphatic rings. The number of rotatable bonds is 18. The van der Waals surface area contributed by atoms with Crippen LogP contribution in [0.4, 0.5) is 23.5 Å². The standard InChI is InChI=1S/C27H47N9O5/c1-8-9-33(3)24-22-23(29-26(30-24)34(12-16-38-4)13-17-39-5)25(36-11-10-32(2)21(37)20-36)31-27(28-22)35(14-18-40-6)15-19-41-7/h8-20H2,1-7H3. The van der Waals surface area contributed by atoms with Crippen LogP contribution in [0.5, 0.6) is 0 Å². The molecule has 0 spiro atoms. The molecule has 2 aromatic rings. The summed E-state index contributed by atoms with van der Waals surface area (Å²) in [6.45, 7) is 8.67. The van der Waals surface area contributed by atoms with Gasteiger partial charge in [0.25, 0.3) is 0 Å². The zero-order chi connectivity index (χ0) is 29.8. The van der Waals surface area contributed by atoms with E-state index in [1.807, 2.05) is 28.8 Å². The summed E-state index contributed by atoms with van der Waals surface area (Å²) >= 11 is 0. The Kier molecular flexibility index (Phi) is 13.0. The lowest BCUT2D eigenvalue weighted by Crippen LogP contribution is -2.49. The second-order valence-electron chi connectivity index (χ2n) is 10.00. The molecule has 41 heavy (non-hydrogen) atoms. The average molecular weight is 578 g/mol. The number of hydrogen-bond acceptors (Lipinski definition) is 13. The van der Waals surface area contributed by atoms with Crippen LogP contribution in [0.25, 0.3) is 11.0 Å². The SMILES string of the molecule is CCCN(C)c1nc(N(CCOC)CCOC)nc2c(N3CCN(C)C(=O)C3)nc(N(CCOC)CCOC)nc12. The summed E-state index contributed by atoms with van der Waals surface area (Å²) in [6, 6.07) is 0. The number of ether oxygens (including phenoxy) is 4. The summed E-state index contributed by atoms with van der Waals surface area (Å²) < 4.78 is 21.5. The Morgan fingerprint density at radius 1 is 0.732 bits per heavy atom. The van der Waals surface area contributed by atoms with Crippen LogP contribution in [-0.2, 0) is 23.7 Å². The first-order chi connectivity index (χ1) is 19.9. The van der Waals surface area contributed by atoms with Gasteiger partial charge in [-0.3, -0.25) is 4.79 Å². The number of anilines is 4. The van der Waals surface area contributed by atoms with Gasteiger partial charge in [-0.15, -0.1) is 0 Å². The van der Waals surface area contributed by atoms with E-state index in [4.69, 9.17) is 38.9 Å². The van der Waals surface area contributed by atoms with Crippen LogP contribution in [0.15, 0.2) is 0 Å². The van der Waals surface area contributed by atoms with E-state index in [2.05, 4.69) is 11.8 Å². The normalized spacial score (nSPS) is 13.8. The van der Waals surface area contributed by atoms with Gasteiger partial charge < -0.3 is 43.4 Å². The predicted octanol–water partition coefficient (Wildman–Crippen LogP) is 0.743. The molecular weight excluding hydrogens is 530 g/mol. The molecule has 3 rings (SSSR count). The molecule has 2 aromatic heterocycles. The Hall–Kier alpha value is -3.07. The molecular formula is C27H47N9O5. The zero-order valence-corrected chi connectivity index (χ0v) is 25.8. The van der Waals surface area contributed by atoms with Crippen LogP contribution in [0.2, 0.25) is 0 Å². The third-order valence-electron chi connectivity index (χ3n) is 6.99. The highest BCUT2D eigenvalue weighted by molar-refractivity contribution is 5.96. The van der Waals surface area contributed by atoms with Crippen molar-refractivity contribution >= 4 is 40.5 Å². The lowest BCUT2D eigenvalue weighted by atomic mass is 10.2. The van der Waals surface area contributed by atoms with Gasteiger partial charge in [-0.25, -0.2) is 9.97 Å². The number of aromatic nitrogens is 4. The molecule has 1 fully saturated rings. The smallest absolute Gasteiger partial charge is 0.241 e. The van der Waals surface area contributed by atoms with Crippen molar-refractivity contribution in [3.8, 4) is 0 Å². The summed E-state index contributed by atoms with van der Waals surface area (Å²) in [6.07, 6.45) is 0.931. The fraction of sp³-hybridized carbons (Fsp3) is 0.741. The molecule has 0 aromatic carbocycles.